The molecule has 1 aliphatic heterocycles. The number of fused-ring (bicyclic) bond motifs is 1. The maximum atomic E-state index is 3.39. The first-order valence-electron chi connectivity index (χ1n) is 5.86. The number of rotatable bonds is 1. The van der Waals surface area contributed by atoms with E-state index in [2.05, 4.69) is 52.3 Å². The molecule has 3 rings (SSSR count). The van der Waals surface area contributed by atoms with Crippen LogP contribution in [0.3, 0.4) is 0 Å². The van der Waals surface area contributed by atoms with Crippen LogP contribution in [0.2, 0.25) is 0 Å². The molecule has 1 aromatic heterocycles. The van der Waals surface area contributed by atoms with Crippen LogP contribution in [-0.4, -0.2) is 30.7 Å². The van der Waals surface area contributed by atoms with Gasteiger partial charge in [0.1, 0.15) is 0 Å². The van der Waals surface area contributed by atoms with E-state index in [1.54, 1.807) is 0 Å². The summed E-state index contributed by atoms with van der Waals surface area (Å²) in [7, 11) is 2.10. The lowest BCUT2D eigenvalue weighted by Crippen LogP contribution is -2.43. The molecule has 2 aromatic rings. The summed E-state index contributed by atoms with van der Waals surface area (Å²) in [6.45, 7) is 4.38. The van der Waals surface area contributed by atoms with Crippen molar-refractivity contribution < 1.29 is 0 Å². The van der Waals surface area contributed by atoms with Gasteiger partial charge in [0.2, 0.25) is 0 Å². The molecule has 2 heterocycles. The second-order valence-corrected chi connectivity index (χ2v) is 4.37. The number of piperazine rings is 1. The Morgan fingerprint density at radius 1 is 1.12 bits per heavy atom. The van der Waals surface area contributed by atoms with Crippen LogP contribution in [0.4, 0.5) is 5.69 Å². The fourth-order valence-electron chi connectivity index (χ4n) is 2.47. The van der Waals surface area contributed by atoms with Gasteiger partial charge in [-0.3, -0.25) is 0 Å². The van der Waals surface area contributed by atoms with Crippen molar-refractivity contribution in [3.05, 3.63) is 30.5 Å². The Bertz CT molecular complexity index is 500. The zero-order chi connectivity index (χ0) is 11.0. The third-order valence-electron chi connectivity index (χ3n) is 3.36. The Kier molecular flexibility index (Phi) is 3.60. The van der Waals surface area contributed by atoms with Crippen LogP contribution in [0.25, 0.3) is 10.9 Å². The topological polar surface area (TPSA) is 20.2 Å². The van der Waals surface area contributed by atoms with Crippen LogP contribution in [-0.2, 0) is 7.05 Å². The predicted octanol–water partition coefficient (Wildman–Crippen LogP) is 2.01. The number of nitrogens with zero attached hydrogens (tertiary/aromatic N) is 2. The quantitative estimate of drug-likeness (QED) is 0.837. The van der Waals surface area contributed by atoms with Crippen LogP contribution < -0.4 is 10.2 Å². The Morgan fingerprint density at radius 3 is 2.65 bits per heavy atom. The van der Waals surface area contributed by atoms with Crippen LogP contribution >= 0.6 is 12.4 Å². The van der Waals surface area contributed by atoms with Crippen LogP contribution in [0.5, 0.6) is 0 Å². The number of benzene rings is 1. The zero-order valence-electron chi connectivity index (χ0n) is 10.0. The number of halogens is 1. The number of nitrogens with one attached hydrogen (secondary N) is 1. The van der Waals surface area contributed by atoms with Crippen molar-refractivity contribution in [2.45, 2.75) is 0 Å². The van der Waals surface area contributed by atoms with E-state index in [0.29, 0.717) is 0 Å². The highest BCUT2D eigenvalue weighted by Crippen LogP contribution is 2.27. The molecule has 92 valence electrons. The molecule has 0 aliphatic carbocycles. The highest BCUT2D eigenvalue weighted by Gasteiger charge is 2.13. The fourth-order valence-corrected chi connectivity index (χ4v) is 2.47. The van der Waals surface area contributed by atoms with Gasteiger partial charge in [0.25, 0.3) is 0 Å². The molecule has 0 atom stereocenters. The molecule has 1 aromatic carbocycles. The van der Waals surface area contributed by atoms with Crippen LogP contribution in [0.15, 0.2) is 30.5 Å². The summed E-state index contributed by atoms with van der Waals surface area (Å²) < 4.78 is 2.18. The fraction of sp³-hybridized carbons (Fsp3) is 0.385. The van der Waals surface area contributed by atoms with Crippen molar-refractivity contribution in [3.63, 3.8) is 0 Å². The van der Waals surface area contributed by atoms with Crippen molar-refractivity contribution in [3.8, 4) is 0 Å². The van der Waals surface area contributed by atoms with Gasteiger partial charge in [0.05, 0.1) is 0 Å². The first-order chi connectivity index (χ1) is 7.86. The van der Waals surface area contributed by atoms with E-state index in [-0.39, 0.29) is 12.4 Å². The van der Waals surface area contributed by atoms with Gasteiger partial charge in [-0.25, -0.2) is 0 Å². The van der Waals surface area contributed by atoms with Crippen molar-refractivity contribution in [2.24, 2.45) is 7.05 Å². The first kappa shape index (κ1) is 12.3. The monoisotopic (exact) mass is 251 g/mol. The lowest BCUT2D eigenvalue weighted by molar-refractivity contribution is 0.590. The number of aryl methyl sites for hydroxylation is 1. The summed E-state index contributed by atoms with van der Waals surface area (Å²) in [6.07, 6.45) is 2.14. The number of aromatic nitrogens is 1. The van der Waals surface area contributed by atoms with Gasteiger partial charge in [0.15, 0.2) is 0 Å². The molecular formula is C13H18ClN3. The van der Waals surface area contributed by atoms with Gasteiger partial charge < -0.3 is 14.8 Å². The van der Waals surface area contributed by atoms with E-state index < -0.39 is 0 Å². The van der Waals surface area contributed by atoms with E-state index in [1.165, 1.54) is 16.6 Å². The van der Waals surface area contributed by atoms with Gasteiger partial charge in [-0.2, -0.15) is 0 Å². The summed E-state index contributed by atoms with van der Waals surface area (Å²) in [5.41, 5.74) is 2.69. The Morgan fingerprint density at radius 2 is 1.88 bits per heavy atom. The standard InChI is InChI=1S/C13H17N3.ClH/c1-15-8-5-11-12(15)3-2-4-13(11)16-9-6-14-7-10-16;/h2-5,8,14H,6-7,9-10H2,1H3;1H. The average molecular weight is 252 g/mol. The molecule has 1 fully saturated rings. The summed E-state index contributed by atoms with van der Waals surface area (Å²) in [5.74, 6) is 0. The van der Waals surface area contributed by atoms with Crippen molar-refractivity contribution in [1.29, 1.82) is 0 Å². The van der Waals surface area contributed by atoms with Gasteiger partial charge in [-0.15, -0.1) is 12.4 Å². The molecule has 0 unspecified atom stereocenters. The van der Waals surface area contributed by atoms with E-state index >= 15 is 0 Å². The third kappa shape index (κ3) is 2.13. The van der Waals surface area contributed by atoms with E-state index in [0.717, 1.165) is 26.2 Å². The molecule has 4 heteroatoms. The second-order valence-electron chi connectivity index (χ2n) is 4.37. The SMILES string of the molecule is Cl.Cn1ccc2c(N3CCNCC3)cccc21. The molecule has 0 spiro atoms. The highest BCUT2D eigenvalue weighted by molar-refractivity contribution is 5.93. The summed E-state index contributed by atoms with van der Waals surface area (Å²) in [5, 5.41) is 4.76. The van der Waals surface area contributed by atoms with E-state index in [4.69, 9.17) is 0 Å². The van der Waals surface area contributed by atoms with Crippen molar-refractivity contribution in [2.75, 3.05) is 31.1 Å². The van der Waals surface area contributed by atoms with E-state index in [9.17, 15) is 0 Å². The van der Waals surface area contributed by atoms with Crippen LogP contribution in [0.1, 0.15) is 0 Å². The first-order valence-corrected chi connectivity index (χ1v) is 5.86. The lowest BCUT2D eigenvalue weighted by Gasteiger charge is -2.30. The van der Waals surface area contributed by atoms with Gasteiger partial charge in [-0.1, -0.05) is 6.07 Å². The predicted molar refractivity (Wildman–Crippen MR) is 75.2 cm³/mol. The van der Waals surface area contributed by atoms with Gasteiger partial charge >= 0.3 is 0 Å². The lowest BCUT2D eigenvalue weighted by atomic mass is 10.2. The Hall–Kier alpha value is -1.19. The molecular weight excluding hydrogens is 234 g/mol. The molecule has 0 saturated carbocycles. The minimum absolute atomic E-state index is 0. The number of anilines is 1. The minimum Gasteiger partial charge on any atom is -0.368 e. The summed E-state index contributed by atoms with van der Waals surface area (Å²) >= 11 is 0. The third-order valence-corrected chi connectivity index (χ3v) is 3.36. The summed E-state index contributed by atoms with van der Waals surface area (Å²) in [4.78, 5) is 2.47. The van der Waals surface area contributed by atoms with Crippen molar-refractivity contribution in [1.82, 2.24) is 9.88 Å². The van der Waals surface area contributed by atoms with Crippen molar-refractivity contribution >= 4 is 29.0 Å². The number of hydrogen-bond acceptors (Lipinski definition) is 2. The molecule has 1 aliphatic rings. The Balaban J connectivity index is 0.00000108. The smallest absolute Gasteiger partial charge is 0.0498 e. The normalized spacial score (nSPS) is 15.9. The number of hydrogen-bond donors (Lipinski definition) is 1. The minimum atomic E-state index is 0. The molecule has 0 radical (unpaired) electrons. The molecule has 0 amide bonds. The van der Waals surface area contributed by atoms with Gasteiger partial charge in [0, 0.05) is 56.0 Å². The average Bonchev–Trinajstić information content (AvgIpc) is 2.73. The highest BCUT2D eigenvalue weighted by atomic mass is 35.5. The zero-order valence-corrected chi connectivity index (χ0v) is 10.8. The molecule has 1 N–H and O–H groups in total. The molecule has 1 saturated heterocycles. The maximum absolute atomic E-state index is 3.39. The molecule has 3 nitrogen and oxygen atoms in total. The summed E-state index contributed by atoms with van der Waals surface area (Å²) in [6, 6.07) is 8.78. The van der Waals surface area contributed by atoms with Gasteiger partial charge in [-0.05, 0) is 18.2 Å². The maximum Gasteiger partial charge on any atom is 0.0498 e. The second kappa shape index (κ2) is 4.98. The van der Waals surface area contributed by atoms with E-state index in [1.807, 2.05) is 0 Å². The molecule has 0 bridgehead atoms. The van der Waals surface area contributed by atoms with Crippen LogP contribution in [0, 0.1) is 0 Å². The molecule has 17 heavy (non-hydrogen) atoms. The Labute approximate surface area is 108 Å². The largest absolute Gasteiger partial charge is 0.368 e.